The number of carbonyl (C=O) groups excluding carboxylic acids is 1. The highest BCUT2D eigenvalue weighted by molar-refractivity contribution is 5.90. The molecule has 2 nitrogen and oxygen atoms in total. The molecular weight excluding hydrogens is 258 g/mol. The minimum absolute atomic E-state index is 0.128. The van der Waals surface area contributed by atoms with Crippen molar-refractivity contribution in [1.82, 2.24) is 4.90 Å². The third-order valence-electron chi connectivity index (χ3n) is 3.92. The number of aryl methyl sites for hydroxylation is 1. The van der Waals surface area contributed by atoms with Gasteiger partial charge in [0.05, 0.1) is 6.04 Å². The van der Waals surface area contributed by atoms with E-state index in [1.54, 1.807) is 6.08 Å². The van der Waals surface area contributed by atoms with Gasteiger partial charge in [0.25, 0.3) is 0 Å². The standard InChI is InChI=1S/C19H19NO/c1-15-7-9-17(10-8-15)19-13-18(21)11-12-20(19)14-16-5-3-2-4-6-16/h2-12,19H,13-14H2,1H3. The average molecular weight is 277 g/mol. The van der Waals surface area contributed by atoms with Crippen LogP contribution in [0.5, 0.6) is 0 Å². The van der Waals surface area contributed by atoms with Crippen molar-refractivity contribution in [2.45, 2.75) is 25.9 Å². The highest BCUT2D eigenvalue weighted by atomic mass is 16.1. The molecule has 106 valence electrons. The second kappa shape index (κ2) is 5.96. The molecule has 1 aliphatic heterocycles. The van der Waals surface area contributed by atoms with Crippen LogP contribution in [0.2, 0.25) is 0 Å². The van der Waals surface area contributed by atoms with Crippen LogP contribution < -0.4 is 0 Å². The molecule has 0 radical (unpaired) electrons. The van der Waals surface area contributed by atoms with E-state index in [-0.39, 0.29) is 11.8 Å². The first-order valence-corrected chi connectivity index (χ1v) is 7.29. The van der Waals surface area contributed by atoms with Crippen LogP contribution >= 0.6 is 0 Å². The van der Waals surface area contributed by atoms with Crippen molar-refractivity contribution in [1.29, 1.82) is 0 Å². The van der Waals surface area contributed by atoms with Crippen molar-refractivity contribution in [3.63, 3.8) is 0 Å². The lowest BCUT2D eigenvalue weighted by molar-refractivity contribution is -0.116. The van der Waals surface area contributed by atoms with Crippen LogP contribution in [0.15, 0.2) is 66.9 Å². The lowest BCUT2D eigenvalue weighted by Crippen LogP contribution is -2.28. The minimum Gasteiger partial charge on any atom is -0.366 e. The first-order chi connectivity index (χ1) is 10.2. The molecule has 0 aromatic heterocycles. The topological polar surface area (TPSA) is 20.3 Å². The van der Waals surface area contributed by atoms with Crippen LogP contribution in [-0.4, -0.2) is 10.7 Å². The zero-order valence-electron chi connectivity index (χ0n) is 12.2. The molecule has 0 spiro atoms. The van der Waals surface area contributed by atoms with Crippen LogP contribution in [0.3, 0.4) is 0 Å². The van der Waals surface area contributed by atoms with Crippen molar-refractivity contribution in [2.75, 3.05) is 0 Å². The summed E-state index contributed by atoms with van der Waals surface area (Å²) in [5.41, 5.74) is 3.70. The predicted octanol–water partition coefficient (Wildman–Crippen LogP) is 4.02. The zero-order valence-corrected chi connectivity index (χ0v) is 12.2. The molecule has 1 atom stereocenters. The van der Waals surface area contributed by atoms with Crippen LogP contribution in [0, 0.1) is 6.92 Å². The fourth-order valence-electron chi connectivity index (χ4n) is 2.71. The van der Waals surface area contributed by atoms with E-state index >= 15 is 0 Å². The summed E-state index contributed by atoms with van der Waals surface area (Å²) in [5.74, 6) is 0.199. The SMILES string of the molecule is Cc1ccc(C2CC(=O)C=CN2Cc2ccccc2)cc1. The molecule has 2 aromatic rings. The number of nitrogens with zero attached hydrogens (tertiary/aromatic N) is 1. The Morgan fingerprint density at radius 1 is 1.05 bits per heavy atom. The number of rotatable bonds is 3. The molecule has 0 saturated heterocycles. The molecule has 21 heavy (non-hydrogen) atoms. The van der Waals surface area contributed by atoms with Crippen molar-refractivity contribution >= 4 is 5.78 Å². The zero-order chi connectivity index (χ0) is 14.7. The van der Waals surface area contributed by atoms with Gasteiger partial charge in [0.2, 0.25) is 0 Å². The van der Waals surface area contributed by atoms with E-state index in [4.69, 9.17) is 0 Å². The average Bonchev–Trinajstić information content (AvgIpc) is 2.51. The third-order valence-corrected chi connectivity index (χ3v) is 3.92. The van der Waals surface area contributed by atoms with Crippen LogP contribution in [0.1, 0.15) is 29.2 Å². The molecular formula is C19H19NO. The molecule has 0 N–H and O–H groups in total. The van der Waals surface area contributed by atoms with Gasteiger partial charge in [-0.25, -0.2) is 0 Å². The number of ketones is 1. The number of allylic oxidation sites excluding steroid dienone is 1. The first-order valence-electron chi connectivity index (χ1n) is 7.29. The monoisotopic (exact) mass is 277 g/mol. The molecule has 1 unspecified atom stereocenters. The minimum atomic E-state index is 0.128. The second-order valence-electron chi connectivity index (χ2n) is 5.57. The van der Waals surface area contributed by atoms with Gasteiger partial charge in [0.1, 0.15) is 0 Å². The first kappa shape index (κ1) is 13.6. The van der Waals surface area contributed by atoms with Crippen molar-refractivity contribution < 1.29 is 4.79 Å². The summed E-state index contributed by atoms with van der Waals surface area (Å²) >= 11 is 0. The van der Waals surface area contributed by atoms with Crippen LogP contribution in [0.25, 0.3) is 0 Å². The van der Waals surface area contributed by atoms with Crippen molar-refractivity contribution in [3.05, 3.63) is 83.6 Å². The van der Waals surface area contributed by atoms with E-state index in [9.17, 15) is 4.79 Å². The van der Waals surface area contributed by atoms with E-state index in [0.29, 0.717) is 6.42 Å². The quantitative estimate of drug-likeness (QED) is 0.844. The normalized spacial score (nSPS) is 18.0. The van der Waals surface area contributed by atoms with Gasteiger partial charge in [0.15, 0.2) is 5.78 Å². The highest BCUT2D eigenvalue weighted by Gasteiger charge is 2.23. The Morgan fingerprint density at radius 3 is 2.48 bits per heavy atom. The Bertz CT molecular complexity index is 643. The summed E-state index contributed by atoms with van der Waals surface area (Å²) < 4.78 is 0. The van der Waals surface area contributed by atoms with Crippen LogP contribution in [-0.2, 0) is 11.3 Å². The van der Waals surface area contributed by atoms with Gasteiger partial charge >= 0.3 is 0 Å². The maximum atomic E-state index is 11.8. The largest absolute Gasteiger partial charge is 0.366 e. The third kappa shape index (κ3) is 3.22. The molecule has 0 saturated carbocycles. The Hall–Kier alpha value is -2.35. The Balaban J connectivity index is 1.87. The smallest absolute Gasteiger partial charge is 0.159 e. The summed E-state index contributed by atoms with van der Waals surface area (Å²) in [7, 11) is 0. The summed E-state index contributed by atoms with van der Waals surface area (Å²) in [5, 5.41) is 0. The van der Waals surface area contributed by atoms with Gasteiger partial charge in [-0.3, -0.25) is 4.79 Å². The summed E-state index contributed by atoms with van der Waals surface area (Å²) in [6.07, 6.45) is 4.17. The van der Waals surface area contributed by atoms with Crippen molar-refractivity contribution in [3.8, 4) is 0 Å². The molecule has 1 heterocycles. The van der Waals surface area contributed by atoms with Crippen molar-refractivity contribution in [2.24, 2.45) is 0 Å². The van der Waals surface area contributed by atoms with E-state index in [1.807, 2.05) is 12.3 Å². The Labute approximate surface area is 125 Å². The van der Waals surface area contributed by atoms with Gasteiger partial charge in [-0.2, -0.15) is 0 Å². The van der Waals surface area contributed by atoms with Gasteiger partial charge in [0, 0.05) is 19.2 Å². The molecule has 3 rings (SSSR count). The highest BCUT2D eigenvalue weighted by Crippen LogP contribution is 2.30. The fraction of sp³-hybridized carbons (Fsp3) is 0.211. The second-order valence-corrected chi connectivity index (χ2v) is 5.57. The van der Waals surface area contributed by atoms with E-state index in [2.05, 4.69) is 60.4 Å². The number of carbonyl (C=O) groups is 1. The summed E-state index contributed by atoms with van der Waals surface area (Å²) in [6, 6.07) is 19.0. The number of hydrogen-bond donors (Lipinski definition) is 0. The molecule has 0 fully saturated rings. The molecule has 1 aliphatic rings. The van der Waals surface area contributed by atoms with Gasteiger partial charge < -0.3 is 4.90 Å². The Morgan fingerprint density at radius 2 is 1.76 bits per heavy atom. The lowest BCUT2D eigenvalue weighted by atomic mass is 9.96. The number of hydrogen-bond acceptors (Lipinski definition) is 2. The molecule has 0 amide bonds. The fourth-order valence-corrected chi connectivity index (χ4v) is 2.71. The maximum Gasteiger partial charge on any atom is 0.159 e. The van der Waals surface area contributed by atoms with E-state index < -0.39 is 0 Å². The summed E-state index contributed by atoms with van der Waals surface area (Å²) in [6.45, 7) is 2.90. The lowest BCUT2D eigenvalue weighted by Gasteiger charge is -2.33. The molecule has 2 heteroatoms. The van der Waals surface area contributed by atoms with Gasteiger partial charge in [-0.15, -0.1) is 0 Å². The van der Waals surface area contributed by atoms with E-state index in [1.165, 1.54) is 16.7 Å². The Kier molecular flexibility index (Phi) is 3.87. The van der Waals surface area contributed by atoms with Gasteiger partial charge in [-0.1, -0.05) is 60.2 Å². The molecule has 2 aromatic carbocycles. The molecule has 0 bridgehead atoms. The van der Waals surface area contributed by atoms with Gasteiger partial charge in [-0.05, 0) is 24.1 Å². The molecule has 0 aliphatic carbocycles. The van der Waals surface area contributed by atoms with E-state index in [0.717, 1.165) is 6.54 Å². The summed E-state index contributed by atoms with van der Waals surface area (Å²) in [4.78, 5) is 14.0. The van der Waals surface area contributed by atoms with Crippen LogP contribution in [0.4, 0.5) is 0 Å². The maximum absolute atomic E-state index is 11.8. The number of benzene rings is 2. The predicted molar refractivity (Wildman–Crippen MR) is 84.7 cm³/mol.